The van der Waals surface area contributed by atoms with Gasteiger partial charge in [-0.05, 0) is 38.6 Å². The van der Waals surface area contributed by atoms with E-state index in [9.17, 15) is 4.79 Å². The number of amides is 1. The van der Waals surface area contributed by atoms with Gasteiger partial charge >= 0.3 is 0 Å². The summed E-state index contributed by atoms with van der Waals surface area (Å²) < 4.78 is 0. The topological polar surface area (TPSA) is 41.1 Å². The number of unbranched alkanes of at least 4 members (excludes halogenated alkanes) is 2. The molecule has 1 amide bonds. The molecule has 1 unspecified atom stereocenters. The molecular formula is C14H24N2O. The number of nitrogens with one attached hydrogen (secondary N) is 2. The van der Waals surface area contributed by atoms with Crippen molar-refractivity contribution in [3.8, 4) is 12.3 Å². The molecule has 1 fully saturated rings. The Morgan fingerprint density at radius 2 is 2.35 bits per heavy atom. The van der Waals surface area contributed by atoms with Crippen molar-refractivity contribution in [1.29, 1.82) is 0 Å². The van der Waals surface area contributed by atoms with E-state index in [-0.39, 0.29) is 11.3 Å². The van der Waals surface area contributed by atoms with Gasteiger partial charge in [-0.2, -0.15) is 0 Å². The molecule has 1 rings (SSSR count). The van der Waals surface area contributed by atoms with Gasteiger partial charge in [0.1, 0.15) is 0 Å². The molecule has 17 heavy (non-hydrogen) atoms. The van der Waals surface area contributed by atoms with Gasteiger partial charge in [0.25, 0.3) is 0 Å². The number of rotatable bonds is 6. The van der Waals surface area contributed by atoms with Crippen LogP contribution in [0.1, 0.15) is 45.4 Å². The zero-order valence-electron chi connectivity index (χ0n) is 10.8. The van der Waals surface area contributed by atoms with Crippen molar-refractivity contribution >= 4 is 5.91 Å². The van der Waals surface area contributed by atoms with Gasteiger partial charge in [0.05, 0.1) is 5.41 Å². The molecule has 3 nitrogen and oxygen atoms in total. The second kappa shape index (κ2) is 7.34. The summed E-state index contributed by atoms with van der Waals surface area (Å²) in [4.78, 5) is 12.2. The van der Waals surface area contributed by atoms with Crippen LogP contribution in [0, 0.1) is 17.8 Å². The van der Waals surface area contributed by atoms with E-state index in [0.717, 1.165) is 58.2 Å². The number of carbonyl (C=O) groups is 1. The Morgan fingerprint density at radius 1 is 1.53 bits per heavy atom. The van der Waals surface area contributed by atoms with E-state index in [2.05, 4.69) is 23.5 Å². The highest BCUT2D eigenvalue weighted by molar-refractivity contribution is 5.82. The Bertz CT molecular complexity index is 274. The molecule has 0 radical (unpaired) electrons. The highest BCUT2D eigenvalue weighted by Crippen LogP contribution is 2.30. The molecule has 0 aromatic heterocycles. The van der Waals surface area contributed by atoms with Crippen LogP contribution in [0.3, 0.4) is 0 Å². The minimum absolute atomic E-state index is 0.176. The van der Waals surface area contributed by atoms with Crippen LogP contribution in [0.2, 0.25) is 0 Å². The molecule has 0 saturated carbocycles. The van der Waals surface area contributed by atoms with Crippen molar-refractivity contribution in [1.82, 2.24) is 10.6 Å². The maximum Gasteiger partial charge on any atom is 0.227 e. The summed E-state index contributed by atoms with van der Waals surface area (Å²) in [6.07, 6.45) is 11.0. The molecule has 96 valence electrons. The second-order valence-electron chi connectivity index (χ2n) is 4.83. The van der Waals surface area contributed by atoms with Crippen LogP contribution in [-0.4, -0.2) is 25.5 Å². The molecule has 1 aliphatic heterocycles. The third kappa shape index (κ3) is 4.05. The van der Waals surface area contributed by atoms with Crippen LogP contribution >= 0.6 is 0 Å². The van der Waals surface area contributed by atoms with Crippen LogP contribution in [0.5, 0.6) is 0 Å². The minimum atomic E-state index is -0.176. The number of terminal acetylenes is 1. The SMILES string of the molecule is C#CCCCCNC(=O)C1(CC)CCCNC1. The van der Waals surface area contributed by atoms with E-state index in [1.54, 1.807) is 0 Å². The van der Waals surface area contributed by atoms with E-state index in [0.29, 0.717) is 0 Å². The largest absolute Gasteiger partial charge is 0.356 e. The Balaban J connectivity index is 2.31. The molecule has 0 aromatic carbocycles. The lowest BCUT2D eigenvalue weighted by Crippen LogP contribution is -2.50. The van der Waals surface area contributed by atoms with Gasteiger partial charge in [-0.25, -0.2) is 0 Å². The number of carbonyl (C=O) groups excluding carboxylic acids is 1. The lowest BCUT2D eigenvalue weighted by Gasteiger charge is -2.35. The smallest absolute Gasteiger partial charge is 0.227 e. The van der Waals surface area contributed by atoms with Gasteiger partial charge in [0, 0.05) is 19.5 Å². The summed E-state index contributed by atoms with van der Waals surface area (Å²) >= 11 is 0. The Hall–Kier alpha value is -1.01. The van der Waals surface area contributed by atoms with Crippen LogP contribution in [-0.2, 0) is 4.79 Å². The van der Waals surface area contributed by atoms with Crippen LogP contribution in [0.25, 0.3) is 0 Å². The molecule has 0 spiro atoms. The maximum atomic E-state index is 12.2. The van der Waals surface area contributed by atoms with Gasteiger partial charge in [0.15, 0.2) is 0 Å². The summed E-state index contributed by atoms with van der Waals surface area (Å²) in [6, 6.07) is 0. The van der Waals surface area contributed by atoms with Gasteiger partial charge in [0.2, 0.25) is 5.91 Å². The number of hydrogen-bond acceptors (Lipinski definition) is 2. The monoisotopic (exact) mass is 236 g/mol. The third-order valence-corrected chi connectivity index (χ3v) is 3.66. The van der Waals surface area contributed by atoms with E-state index < -0.39 is 0 Å². The molecule has 0 bridgehead atoms. The first kappa shape index (κ1) is 14.1. The number of piperidine rings is 1. The van der Waals surface area contributed by atoms with Gasteiger partial charge in [-0.1, -0.05) is 6.92 Å². The Labute approximate surface area is 105 Å². The van der Waals surface area contributed by atoms with Crippen LogP contribution in [0.15, 0.2) is 0 Å². The minimum Gasteiger partial charge on any atom is -0.356 e. The fourth-order valence-corrected chi connectivity index (χ4v) is 2.37. The molecule has 0 aromatic rings. The molecule has 0 aliphatic carbocycles. The van der Waals surface area contributed by atoms with Crippen molar-refractivity contribution in [3.63, 3.8) is 0 Å². The summed E-state index contributed by atoms with van der Waals surface area (Å²) in [5.74, 6) is 2.83. The molecule has 2 N–H and O–H groups in total. The maximum absolute atomic E-state index is 12.2. The van der Waals surface area contributed by atoms with E-state index in [1.807, 2.05) is 0 Å². The summed E-state index contributed by atoms with van der Waals surface area (Å²) in [5.41, 5.74) is -0.176. The molecule has 1 saturated heterocycles. The standard InChI is InChI=1S/C14H24N2O/c1-3-5-6-7-11-16-13(17)14(4-2)9-8-10-15-12-14/h1,15H,4-12H2,2H3,(H,16,17). The Kier molecular flexibility index (Phi) is 6.07. The first-order chi connectivity index (χ1) is 8.25. The predicted octanol–water partition coefficient (Wildman–Crippen LogP) is 1.69. The van der Waals surface area contributed by atoms with Crippen LogP contribution in [0.4, 0.5) is 0 Å². The summed E-state index contributed by atoms with van der Waals surface area (Å²) in [7, 11) is 0. The van der Waals surface area contributed by atoms with E-state index in [4.69, 9.17) is 6.42 Å². The molecule has 1 heterocycles. The van der Waals surface area contributed by atoms with Crippen LogP contribution < -0.4 is 10.6 Å². The quantitative estimate of drug-likeness (QED) is 0.544. The van der Waals surface area contributed by atoms with E-state index >= 15 is 0 Å². The van der Waals surface area contributed by atoms with Crippen molar-refractivity contribution in [2.24, 2.45) is 5.41 Å². The van der Waals surface area contributed by atoms with Crippen molar-refractivity contribution < 1.29 is 4.79 Å². The first-order valence-electron chi connectivity index (χ1n) is 6.67. The fourth-order valence-electron chi connectivity index (χ4n) is 2.37. The van der Waals surface area contributed by atoms with Gasteiger partial charge in [-0.3, -0.25) is 4.79 Å². The summed E-state index contributed by atoms with van der Waals surface area (Å²) in [6.45, 7) is 4.71. The summed E-state index contributed by atoms with van der Waals surface area (Å²) in [5, 5.41) is 6.39. The predicted molar refractivity (Wildman–Crippen MR) is 70.5 cm³/mol. The average Bonchev–Trinajstić information content (AvgIpc) is 2.39. The fraction of sp³-hybridized carbons (Fsp3) is 0.786. The highest BCUT2D eigenvalue weighted by Gasteiger charge is 2.37. The lowest BCUT2D eigenvalue weighted by atomic mass is 9.77. The molecule has 1 atom stereocenters. The third-order valence-electron chi connectivity index (χ3n) is 3.66. The zero-order chi connectivity index (χ0) is 12.6. The molecule has 1 aliphatic rings. The van der Waals surface area contributed by atoms with Crippen molar-refractivity contribution in [2.45, 2.75) is 45.4 Å². The van der Waals surface area contributed by atoms with Crippen molar-refractivity contribution in [3.05, 3.63) is 0 Å². The number of hydrogen-bond donors (Lipinski definition) is 2. The lowest BCUT2D eigenvalue weighted by molar-refractivity contribution is -0.132. The normalized spacial score (nSPS) is 24.0. The van der Waals surface area contributed by atoms with Crippen molar-refractivity contribution in [2.75, 3.05) is 19.6 Å². The second-order valence-corrected chi connectivity index (χ2v) is 4.83. The molecular weight excluding hydrogens is 212 g/mol. The first-order valence-corrected chi connectivity index (χ1v) is 6.67. The van der Waals surface area contributed by atoms with E-state index in [1.165, 1.54) is 0 Å². The zero-order valence-corrected chi connectivity index (χ0v) is 10.8. The van der Waals surface area contributed by atoms with Gasteiger partial charge in [-0.15, -0.1) is 12.3 Å². The average molecular weight is 236 g/mol. The highest BCUT2D eigenvalue weighted by atomic mass is 16.2. The molecule has 3 heteroatoms. The Morgan fingerprint density at radius 3 is 2.94 bits per heavy atom. The van der Waals surface area contributed by atoms with Gasteiger partial charge < -0.3 is 10.6 Å².